The quantitative estimate of drug-likeness (QED) is 0.812. The number of hydrogen-bond acceptors (Lipinski definition) is 3. The van der Waals surface area contributed by atoms with Gasteiger partial charge in [0.25, 0.3) is 0 Å². The second-order valence-electron chi connectivity index (χ2n) is 6.05. The molecule has 1 saturated carbocycles. The monoisotopic (exact) mass is 237 g/mol. The predicted molar refractivity (Wildman–Crippen MR) is 65.8 cm³/mol. The zero-order valence-electron chi connectivity index (χ0n) is 9.99. The van der Waals surface area contributed by atoms with Crippen molar-refractivity contribution in [2.24, 2.45) is 5.41 Å². The molecule has 1 heterocycles. The smallest absolute Gasteiger partial charge is 0.0963 e. The van der Waals surface area contributed by atoms with Crippen LogP contribution in [0.2, 0.25) is 0 Å². The maximum absolute atomic E-state index is 10.2. The minimum absolute atomic E-state index is 0.206. The lowest BCUT2D eigenvalue weighted by Crippen LogP contribution is -2.24. The molecule has 3 rings (SSSR count). The SMILES string of the molecule is CC1(C)Cc2nc(C3CCC3)sc2C(O)C1. The number of aliphatic hydroxyl groups excluding tert-OH is 1. The highest BCUT2D eigenvalue weighted by Crippen LogP contribution is 2.46. The van der Waals surface area contributed by atoms with E-state index in [2.05, 4.69) is 13.8 Å². The van der Waals surface area contributed by atoms with Crippen LogP contribution >= 0.6 is 11.3 Å². The number of aliphatic hydroxyl groups is 1. The number of fused-ring (bicyclic) bond motifs is 1. The Hall–Kier alpha value is -0.410. The second-order valence-corrected chi connectivity index (χ2v) is 7.11. The standard InChI is InChI=1S/C13H19NOS/c1-13(2)6-9-11(10(15)7-13)16-12(14-9)8-4-3-5-8/h8,10,15H,3-7H2,1-2H3. The molecule has 1 aromatic heterocycles. The molecule has 2 aliphatic carbocycles. The molecule has 2 aliphatic rings. The molecule has 1 unspecified atom stereocenters. The van der Waals surface area contributed by atoms with Crippen LogP contribution < -0.4 is 0 Å². The van der Waals surface area contributed by atoms with Gasteiger partial charge >= 0.3 is 0 Å². The summed E-state index contributed by atoms with van der Waals surface area (Å²) in [6, 6.07) is 0. The number of thiazole rings is 1. The third-order valence-corrected chi connectivity index (χ3v) is 5.25. The predicted octanol–water partition coefficient (Wildman–Crippen LogP) is 3.42. The fourth-order valence-corrected chi connectivity index (χ4v) is 3.98. The maximum atomic E-state index is 10.2. The molecule has 1 N–H and O–H groups in total. The van der Waals surface area contributed by atoms with E-state index in [9.17, 15) is 5.11 Å². The Kier molecular flexibility index (Phi) is 2.37. The summed E-state index contributed by atoms with van der Waals surface area (Å²) >= 11 is 1.77. The molecule has 1 aromatic rings. The van der Waals surface area contributed by atoms with E-state index in [4.69, 9.17) is 4.98 Å². The van der Waals surface area contributed by atoms with Crippen LogP contribution in [0.3, 0.4) is 0 Å². The van der Waals surface area contributed by atoms with E-state index in [0.29, 0.717) is 5.92 Å². The second kappa shape index (κ2) is 3.54. The van der Waals surface area contributed by atoms with Crippen LogP contribution in [-0.2, 0) is 6.42 Å². The van der Waals surface area contributed by atoms with Crippen molar-refractivity contribution in [3.05, 3.63) is 15.6 Å². The first-order valence-corrected chi connectivity index (χ1v) is 7.04. The van der Waals surface area contributed by atoms with Crippen LogP contribution in [0, 0.1) is 5.41 Å². The van der Waals surface area contributed by atoms with E-state index in [1.54, 1.807) is 11.3 Å². The van der Waals surface area contributed by atoms with Crippen molar-refractivity contribution >= 4 is 11.3 Å². The summed E-state index contributed by atoms with van der Waals surface area (Å²) in [6.45, 7) is 4.45. The molecule has 2 nitrogen and oxygen atoms in total. The van der Waals surface area contributed by atoms with Gasteiger partial charge in [-0.15, -0.1) is 11.3 Å². The van der Waals surface area contributed by atoms with E-state index < -0.39 is 0 Å². The molecule has 0 radical (unpaired) electrons. The van der Waals surface area contributed by atoms with Crippen LogP contribution in [0.5, 0.6) is 0 Å². The van der Waals surface area contributed by atoms with Gasteiger partial charge < -0.3 is 5.11 Å². The van der Waals surface area contributed by atoms with Crippen LogP contribution in [-0.4, -0.2) is 10.1 Å². The van der Waals surface area contributed by atoms with Crippen LogP contribution in [0.25, 0.3) is 0 Å². The minimum atomic E-state index is -0.273. The molecular formula is C13H19NOS. The van der Waals surface area contributed by atoms with E-state index in [-0.39, 0.29) is 11.5 Å². The fraction of sp³-hybridized carbons (Fsp3) is 0.769. The van der Waals surface area contributed by atoms with Gasteiger partial charge in [-0.2, -0.15) is 0 Å². The van der Waals surface area contributed by atoms with E-state index >= 15 is 0 Å². The highest BCUT2D eigenvalue weighted by atomic mass is 32.1. The van der Waals surface area contributed by atoms with Gasteiger partial charge in [-0.25, -0.2) is 4.98 Å². The van der Waals surface area contributed by atoms with Gasteiger partial charge in [0.2, 0.25) is 0 Å². The van der Waals surface area contributed by atoms with Crippen molar-refractivity contribution in [1.29, 1.82) is 0 Å². The average molecular weight is 237 g/mol. The van der Waals surface area contributed by atoms with Crippen LogP contribution in [0.15, 0.2) is 0 Å². The summed E-state index contributed by atoms with van der Waals surface area (Å²) in [5.74, 6) is 0.700. The summed E-state index contributed by atoms with van der Waals surface area (Å²) in [5.41, 5.74) is 1.38. The van der Waals surface area contributed by atoms with Gasteiger partial charge in [0, 0.05) is 5.92 Å². The lowest BCUT2D eigenvalue weighted by Gasteiger charge is -2.31. The third kappa shape index (κ3) is 1.70. The maximum Gasteiger partial charge on any atom is 0.0963 e. The summed E-state index contributed by atoms with van der Waals surface area (Å²) in [7, 11) is 0. The van der Waals surface area contributed by atoms with Crippen molar-refractivity contribution < 1.29 is 5.11 Å². The zero-order valence-corrected chi connectivity index (χ0v) is 10.8. The Morgan fingerprint density at radius 1 is 1.38 bits per heavy atom. The van der Waals surface area contributed by atoms with Crippen molar-refractivity contribution in [3.63, 3.8) is 0 Å². The lowest BCUT2D eigenvalue weighted by molar-refractivity contribution is 0.102. The Labute approximate surface area is 101 Å². The Morgan fingerprint density at radius 2 is 2.12 bits per heavy atom. The van der Waals surface area contributed by atoms with Gasteiger partial charge in [0.05, 0.1) is 21.7 Å². The van der Waals surface area contributed by atoms with Crippen molar-refractivity contribution in [1.82, 2.24) is 4.98 Å². The molecule has 0 saturated heterocycles. The number of aromatic nitrogens is 1. The third-order valence-electron chi connectivity index (χ3n) is 3.89. The Balaban J connectivity index is 1.93. The molecule has 0 aromatic carbocycles. The highest BCUT2D eigenvalue weighted by molar-refractivity contribution is 7.12. The molecule has 1 fully saturated rings. The van der Waals surface area contributed by atoms with Crippen LogP contribution in [0.4, 0.5) is 0 Å². The zero-order chi connectivity index (χ0) is 11.3. The first kappa shape index (κ1) is 10.7. The molecule has 16 heavy (non-hydrogen) atoms. The van der Waals surface area contributed by atoms with E-state index in [1.165, 1.54) is 30.0 Å². The van der Waals surface area contributed by atoms with Crippen molar-refractivity contribution in [3.8, 4) is 0 Å². The van der Waals surface area contributed by atoms with Gasteiger partial charge in [-0.1, -0.05) is 20.3 Å². The molecule has 88 valence electrons. The molecule has 3 heteroatoms. The van der Waals surface area contributed by atoms with Gasteiger partial charge in [-0.3, -0.25) is 0 Å². The molecule has 0 amide bonds. The largest absolute Gasteiger partial charge is 0.387 e. The summed E-state index contributed by atoms with van der Waals surface area (Å²) in [4.78, 5) is 5.93. The van der Waals surface area contributed by atoms with Crippen molar-refractivity contribution in [2.45, 2.75) is 58.0 Å². The highest BCUT2D eigenvalue weighted by Gasteiger charge is 2.35. The molecule has 0 bridgehead atoms. The number of rotatable bonds is 1. The molecule has 0 spiro atoms. The normalized spacial score (nSPS) is 28.6. The van der Waals surface area contributed by atoms with E-state index in [0.717, 1.165) is 17.7 Å². The van der Waals surface area contributed by atoms with E-state index in [1.807, 2.05) is 0 Å². The Morgan fingerprint density at radius 3 is 2.75 bits per heavy atom. The number of hydrogen-bond donors (Lipinski definition) is 1. The van der Waals surface area contributed by atoms with Gasteiger partial charge in [-0.05, 0) is 31.1 Å². The van der Waals surface area contributed by atoms with Crippen molar-refractivity contribution in [2.75, 3.05) is 0 Å². The van der Waals surface area contributed by atoms with Gasteiger partial charge in [0.1, 0.15) is 0 Å². The first-order chi connectivity index (χ1) is 7.55. The lowest BCUT2D eigenvalue weighted by atomic mass is 9.77. The topological polar surface area (TPSA) is 33.1 Å². The van der Waals surface area contributed by atoms with Gasteiger partial charge in [0.15, 0.2) is 0 Å². The van der Waals surface area contributed by atoms with Crippen LogP contribution in [0.1, 0.15) is 67.1 Å². The Bertz CT molecular complexity index is 406. The molecule has 1 atom stereocenters. The molecular weight excluding hydrogens is 218 g/mol. The minimum Gasteiger partial charge on any atom is -0.387 e. The fourth-order valence-electron chi connectivity index (χ4n) is 2.74. The molecule has 0 aliphatic heterocycles. The summed E-state index contributed by atoms with van der Waals surface area (Å²) < 4.78 is 0. The summed E-state index contributed by atoms with van der Waals surface area (Å²) in [6.07, 6.45) is 5.58. The average Bonchev–Trinajstić information content (AvgIpc) is 2.42. The summed E-state index contributed by atoms with van der Waals surface area (Å²) in [5, 5.41) is 11.4. The first-order valence-electron chi connectivity index (χ1n) is 6.23. The number of nitrogens with zero attached hydrogens (tertiary/aromatic N) is 1.